The predicted octanol–water partition coefficient (Wildman–Crippen LogP) is 3.30. The Bertz CT molecular complexity index is 850. The number of fused-ring (bicyclic) bond motifs is 1. The Hall–Kier alpha value is -3.22. The normalized spacial score (nSPS) is 10.6. The van der Waals surface area contributed by atoms with E-state index in [1.807, 2.05) is 50.2 Å². The lowest BCUT2D eigenvalue weighted by atomic mass is 10.3. The molecule has 0 spiro atoms. The Morgan fingerprint density at radius 2 is 1.83 bits per heavy atom. The lowest BCUT2D eigenvalue weighted by molar-refractivity contribution is 0.250. The molecule has 24 heavy (non-hydrogen) atoms. The zero-order chi connectivity index (χ0) is 16.9. The molecule has 3 rings (SSSR count). The van der Waals surface area contributed by atoms with Gasteiger partial charge in [0.25, 0.3) is 0 Å². The van der Waals surface area contributed by atoms with Gasteiger partial charge < -0.3 is 10.6 Å². The lowest BCUT2D eigenvalue weighted by Gasteiger charge is -2.10. The Morgan fingerprint density at radius 3 is 2.58 bits per heavy atom. The molecule has 0 aliphatic rings. The van der Waals surface area contributed by atoms with Gasteiger partial charge in [0.05, 0.1) is 0 Å². The van der Waals surface area contributed by atoms with Crippen LogP contribution < -0.4 is 16.0 Å². The molecule has 0 unspecified atom stereocenters. The van der Waals surface area contributed by atoms with Crippen molar-refractivity contribution in [2.45, 2.75) is 19.9 Å². The van der Waals surface area contributed by atoms with Crippen molar-refractivity contribution in [3.63, 3.8) is 0 Å². The smallest absolute Gasteiger partial charge is 0.320 e. The van der Waals surface area contributed by atoms with Crippen molar-refractivity contribution in [3.05, 3.63) is 48.7 Å². The van der Waals surface area contributed by atoms with Gasteiger partial charge in [-0.2, -0.15) is 4.98 Å². The van der Waals surface area contributed by atoms with Crippen molar-refractivity contribution in [1.82, 2.24) is 20.3 Å². The fourth-order valence-electron chi connectivity index (χ4n) is 2.10. The Labute approximate surface area is 139 Å². The molecule has 0 bridgehead atoms. The second-order valence-electron chi connectivity index (χ2n) is 5.55. The van der Waals surface area contributed by atoms with Gasteiger partial charge in [0.15, 0.2) is 5.65 Å². The summed E-state index contributed by atoms with van der Waals surface area (Å²) in [5.74, 6) is 0.884. The van der Waals surface area contributed by atoms with Gasteiger partial charge in [0.2, 0.25) is 5.95 Å². The van der Waals surface area contributed by atoms with Crippen LogP contribution in [-0.2, 0) is 0 Å². The summed E-state index contributed by atoms with van der Waals surface area (Å²) >= 11 is 0. The largest absolute Gasteiger partial charge is 0.336 e. The number of urea groups is 1. The van der Waals surface area contributed by atoms with Gasteiger partial charge in [-0.3, -0.25) is 5.32 Å². The molecule has 0 aliphatic carbocycles. The average molecular weight is 322 g/mol. The summed E-state index contributed by atoms with van der Waals surface area (Å²) in [6.45, 7) is 3.78. The van der Waals surface area contributed by atoms with E-state index in [0.717, 1.165) is 11.1 Å². The SMILES string of the molecule is CC(C)NC(=O)Nc1ccc2cnc(Nc3ccccc3)nc2n1. The number of nitrogens with one attached hydrogen (secondary N) is 3. The highest BCUT2D eigenvalue weighted by molar-refractivity contribution is 5.89. The number of aromatic nitrogens is 3. The second-order valence-corrected chi connectivity index (χ2v) is 5.55. The molecule has 0 radical (unpaired) electrons. The fourth-order valence-corrected chi connectivity index (χ4v) is 2.10. The molecule has 0 fully saturated rings. The number of hydrogen-bond acceptors (Lipinski definition) is 5. The van der Waals surface area contributed by atoms with Crippen molar-refractivity contribution >= 4 is 34.5 Å². The number of anilines is 3. The first-order valence-corrected chi connectivity index (χ1v) is 7.63. The van der Waals surface area contributed by atoms with E-state index in [1.54, 1.807) is 12.3 Å². The van der Waals surface area contributed by atoms with E-state index < -0.39 is 0 Å². The van der Waals surface area contributed by atoms with E-state index in [4.69, 9.17) is 0 Å². The molecule has 2 amide bonds. The molecule has 0 saturated carbocycles. The Morgan fingerprint density at radius 1 is 1.04 bits per heavy atom. The molecular weight excluding hydrogens is 304 g/mol. The maximum absolute atomic E-state index is 11.8. The molecule has 122 valence electrons. The topological polar surface area (TPSA) is 91.8 Å². The maximum Gasteiger partial charge on any atom is 0.320 e. The molecule has 2 aromatic heterocycles. The zero-order valence-corrected chi connectivity index (χ0v) is 13.4. The van der Waals surface area contributed by atoms with Crippen molar-refractivity contribution in [1.29, 1.82) is 0 Å². The molecule has 3 aromatic rings. The summed E-state index contributed by atoms with van der Waals surface area (Å²) in [5, 5.41) is 9.36. The van der Waals surface area contributed by atoms with Crippen molar-refractivity contribution < 1.29 is 4.79 Å². The van der Waals surface area contributed by atoms with Crippen molar-refractivity contribution in [3.8, 4) is 0 Å². The molecule has 7 nitrogen and oxygen atoms in total. The van der Waals surface area contributed by atoms with Gasteiger partial charge in [-0.05, 0) is 38.1 Å². The minimum atomic E-state index is -0.298. The van der Waals surface area contributed by atoms with Crippen LogP contribution in [0.2, 0.25) is 0 Å². The van der Waals surface area contributed by atoms with Gasteiger partial charge in [-0.15, -0.1) is 0 Å². The van der Waals surface area contributed by atoms with Gasteiger partial charge >= 0.3 is 6.03 Å². The molecule has 0 atom stereocenters. The zero-order valence-electron chi connectivity index (χ0n) is 13.4. The van der Waals surface area contributed by atoms with Crippen molar-refractivity contribution in [2.24, 2.45) is 0 Å². The number of pyridine rings is 1. The van der Waals surface area contributed by atoms with Crippen LogP contribution in [0.1, 0.15) is 13.8 Å². The first-order valence-electron chi connectivity index (χ1n) is 7.63. The van der Waals surface area contributed by atoms with Crippen LogP contribution in [0.3, 0.4) is 0 Å². The fraction of sp³-hybridized carbons (Fsp3) is 0.176. The summed E-state index contributed by atoms with van der Waals surface area (Å²) < 4.78 is 0. The Kier molecular flexibility index (Phi) is 4.51. The highest BCUT2D eigenvalue weighted by Gasteiger charge is 2.07. The van der Waals surface area contributed by atoms with E-state index in [2.05, 4.69) is 30.9 Å². The molecule has 0 aliphatic heterocycles. The minimum absolute atomic E-state index is 0.0504. The predicted molar refractivity (Wildman–Crippen MR) is 94.3 cm³/mol. The second kappa shape index (κ2) is 6.91. The van der Waals surface area contributed by atoms with Gasteiger partial charge in [-0.1, -0.05) is 18.2 Å². The number of para-hydroxylation sites is 1. The summed E-state index contributed by atoms with van der Waals surface area (Å²) in [6, 6.07) is 12.9. The van der Waals surface area contributed by atoms with Gasteiger partial charge in [-0.25, -0.2) is 14.8 Å². The summed E-state index contributed by atoms with van der Waals surface area (Å²) in [6.07, 6.45) is 1.69. The van der Waals surface area contributed by atoms with Gasteiger partial charge in [0.1, 0.15) is 5.82 Å². The number of nitrogens with zero attached hydrogens (tertiary/aromatic N) is 3. The van der Waals surface area contributed by atoms with Crippen LogP contribution >= 0.6 is 0 Å². The third-order valence-electron chi connectivity index (χ3n) is 3.13. The Balaban J connectivity index is 1.81. The number of benzene rings is 1. The number of hydrogen-bond donors (Lipinski definition) is 3. The highest BCUT2D eigenvalue weighted by atomic mass is 16.2. The third-order valence-corrected chi connectivity index (χ3v) is 3.13. The van der Waals surface area contributed by atoms with Crippen LogP contribution in [0.25, 0.3) is 11.0 Å². The lowest BCUT2D eigenvalue weighted by Crippen LogP contribution is -2.34. The number of carbonyl (C=O) groups is 1. The van der Waals surface area contributed by atoms with E-state index >= 15 is 0 Å². The van der Waals surface area contributed by atoms with Crippen molar-refractivity contribution in [2.75, 3.05) is 10.6 Å². The van der Waals surface area contributed by atoms with E-state index in [-0.39, 0.29) is 12.1 Å². The maximum atomic E-state index is 11.8. The summed E-state index contributed by atoms with van der Waals surface area (Å²) in [4.78, 5) is 24.8. The van der Waals surface area contributed by atoms with E-state index in [1.165, 1.54) is 0 Å². The van der Waals surface area contributed by atoms with Gasteiger partial charge in [0, 0.05) is 23.3 Å². The molecule has 2 heterocycles. The third kappa shape index (κ3) is 3.95. The monoisotopic (exact) mass is 322 g/mol. The summed E-state index contributed by atoms with van der Waals surface area (Å²) in [5.41, 5.74) is 1.40. The first-order chi connectivity index (χ1) is 11.6. The summed E-state index contributed by atoms with van der Waals surface area (Å²) in [7, 11) is 0. The number of carbonyl (C=O) groups excluding carboxylic acids is 1. The molecule has 0 saturated heterocycles. The number of amides is 2. The molecule has 3 N–H and O–H groups in total. The van der Waals surface area contributed by atoms with Crippen LogP contribution in [0.5, 0.6) is 0 Å². The van der Waals surface area contributed by atoms with Crippen LogP contribution in [0.15, 0.2) is 48.7 Å². The quantitative estimate of drug-likeness (QED) is 0.685. The first kappa shape index (κ1) is 15.7. The van der Waals surface area contributed by atoms with Crippen LogP contribution in [0.4, 0.5) is 22.2 Å². The molecule has 7 heteroatoms. The average Bonchev–Trinajstić information content (AvgIpc) is 2.54. The minimum Gasteiger partial charge on any atom is -0.336 e. The highest BCUT2D eigenvalue weighted by Crippen LogP contribution is 2.16. The standard InChI is InChI=1S/C17H18N6O/c1-11(2)19-17(24)22-14-9-8-12-10-18-16(23-15(12)21-14)20-13-6-4-3-5-7-13/h3-11H,1-2H3,(H3,18,19,20,21,22,23,24). The van der Waals surface area contributed by atoms with Crippen LogP contribution in [-0.4, -0.2) is 27.0 Å². The molecular formula is C17H18N6O. The number of rotatable bonds is 4. The van der Waals surface area contributed by atoms with Crippen LogP contribution in [0, 0.1) is 0 Å². The van der Waals surface area contributed by atoms with E-state index in [0.29, 0.717) is 17.4 Å². The van der Waals surface area contributed by atoms with E-state index in [9.17, 15) is 4.79 Å². The molecule has 1 aromatic carbocycles.